The van der Waals surface area contributed by atoms with Crippen molar-refractivity contribution in [1.29, 1.82) is 0 Å². The van der Waals surface area contributed by atoms with Crippen molar-refractivity contribution in [3.8, 4) is 0 Å². The van der Waals surface area contributed by atoms with Crippen LogP contribution in [0, 0.1) is 0 Å². The minimum atomic E-state index is 0.501. The predicted octanol–water partition coefficient (Wildman–Crippen LogP) is 3.26. The Bertz CT molecular complexity index is 308. The summed E-state index contributed by atoms with van der Waals surface area (Å²) in [6.45, 7) is 0. The van der Waals surface area contributed by atoms with Gasteiger partial charge in [0.15, 0.2) is 0 Å². The molecule has 0 aliphatic heterocycles. The van der Waals surface area contributed by atoms with Crippen LogP contribution in [0.3, 0.4) is 0 Å². The standard InChI is InChI=1S/C11H16ClN3/c12-10-7-8-13-11(15-10)14-9-5-3-1-2-4-6-9/h7-9H,1-6H2,(H,13,14,15). The summed E-state index contributed by atoms with van der Waals surface area (Å²) in [6, 6.07) is 2.21. The van der Waals surface area contributed by atoms with Gasteiger partial charge in [0.1, 0.15) is 5.15 Å². The number of anilines is 1. The zero-order valence-electron chi connectivity index (χ0n) is 8.75. The molecule has 0 saturated heterocycles. The topological polar surface area (TPSA) is 37.8 Å². The molecule has 0 bridgehead atoms. The summed E-state index contributed by atoms with van der Waals surface area (Å²) in [4.78, 5) is 8.30. The molecule has 1 aliphatic carbocycles. The van der Waals surface area contributed by atoms with Crippen LogP contribution in [0.15, 0.2) is 12.3 Å². The second-order valence-corrected chi connectivity index (χ2v) is 4.42. The maximum absolute atomic E-state index is 5.80. The highest BCUT2D eigenvalue weighted by Gasteiger charge is 2.12. The average molecular weight is 226 g/mol. The molecule has 1 aromatic heterocycles. The normalized spacial score (nSPS) is 18.5. The Morgan fingerprint density at radius 3 is 2.60 bits per heavy atom. The number of aromatic nitrogens is 2. The number of halogens is 1. The summed E-state index contributed by atoms with van der Waals surface area (Å²) in [7, 11) is 0. The van der Waals surface area contributed by atoms with Gasteiger partial charge in [0, 0.05) is 12.2 Å². The Morgan fingerprint density at radius 2 is 1.93 bits per heavy atom. The molecule has 0 atom stereocenters. The Kier molecular flexibility index (Phi) is 3.78. The number of hydrogen-bond acceptors (Lipinski definition) is 3. The Labute approximate surface area is 95.3 Å². The van der Waals surface area contributed by atoms with Crippen molar-refractivity contribution in [2.75, 3.05) is 5.32 Å². The molecule has 0 spiro atoms. The van der Waals surface area contributed by atoms with E-state index in [1.165, 1.54) is 38.5 Å². The summed E-state index contributed by atoms with van der Waals surface area (Å²) >= 11 is 5.80. The molecule has 3 nitrogen and oxygen atoms in total. The van der Waals surface area contributed by atoms with E-state index in [2.05, 4.69) is 15.3 Å². The van der Waals surface area contributed by atoms with Crippen LogP contribution in [-0.2, 0) is 0 Å². The van der Waals surface area contributed by atoms with Gasteiger partial charge in [0.25, 0.3) is 0 Å². The van der Waals surface area contributed by atoms with Crippen molar-refractivity contribution < 1.29 is 0 Å². The molecule has 1 aromatic rings. The van der Waals surface area contributed by atoms with E-state index in [-0.39, 0.29) is 0 Å². The van der Waals surface area contributed by atoms with Gasteiger partial charge in [-0.05, 0) is 18.9 Å². The van der Waals surface area contributed by atoms with Gasteiger partial charge >= 0.3 is 0 Å². The Hall–Kier alpha value is -0.830. The van der Waals surface area contributed by atoms with Gasteiger partial charge in [0.05, 0.1) is 0 Å². The van der Waals surface area contributed by atoms with Gasteiger partial charge < -0.3 is 5.32 Å². The van der Waals surface area contributed by atoms with Crippen LogP contribution in [0.1, 0.15) is 38.5 Å². The molecule has 2 rings (SSSR count). The molecule has 1 aliphatic rings. The van der Waals surface area contributed by atoms with Gasteiger partial charge in [-0.3, -0.25) is 0 Å². The fourth-order valence-electron chi connectivity index (χ4n) is 2.01. The van der Waals surface area contributed by atoms with E-state index in [0.29, 0.717) is 17.1 Å². The fourth-order valence-corrected chi connectivity index (χ4v) is 2.15. The quantitative estimate of drug-likeness (QED) is 0.620. The smallest absolute Gasteiger partial charge is 0.224 e. The molecule has 0 unspecified atom stereocenters. The molecule has 0 radical (unpaired) electrons. The Balaban J connectivity index is 1.95. The molecule has 1 saturated carbocycles. The highest BCUT2D eigenvalue weighted by molar-refractivity contribution is 6.29. The highest BCUT2D eigenvalue weighted by atomic mass is 35.5. The van der Waals surface area contributed by atoms with Crippen molar-refractivity contribution in [3.63, 3.8) is 0 Å². The first-order chi connectivity index (χ1) is 7.34. The van der Waals surface area contributed by atoms with Crippen LogP contribution < -0.4 is 5.32 Å². The van der Waals surface area contributed by atoms with E-state index in [0.717, 1.165) is 0 Å². The first-order valence-electron chi connectivity index (χ1n) is 5.60. The predicted molar refractivity (Wildman–Crippen MR) is 62.2 cm³/mol. The second-order valence-electron chi connectivity index (χ2n) is 4.04. The molecule has 15 heavy (non-hydrogen) atoms. The number of nitrogens with one attached hydrogen (secondary N) is 1. The van der Waals surface area contributed by atoms with Crippen LogP contribution >= 0.6 is 11.6 Å². The molecule has 1 heterocycles. The first-order valence-corrected chi connectivity index (χ1v) is 5.97. The van der Waals surface area contributed by atoms with Crippen LogP contribution in [0.5, 0.6) is 0 Å². The molecule has 0 amide bonds. The van der Waals surface area contributed by atoms with Crippen LogP contribution in [-0.4, -0.2) is 16.0 Å². The molecular weight excluding hydrogens is 210 g/mol. The highest BCUT2D eigenvalue weighted by Crippen LogP contribution is 2.19. The van der Waals surface area contributed by atoms with Crippen LogP contribution in [0.25, 0.3) is 0 Å². The van der Waals surface area contributed by atoms with E-state index >= 15 is 0 Å². The summed E-state index contributed by atoms with van der Waals surface area (Å²) in [5.41, 5.74) is 0. The molecule has 1 N–H and O–H groups in total. The van der Waals surface area contributed by atoms with Gasteiger partial charge in [-0.1, -0.05) is 37.3 Å². The van der Waals surface area contributed by atoms with Gasteiger partial charge in [-0.15, -0.1) is 0 Å². The summed E-state index contributed by atoms with van der Waals surface area (Å²) in [5, 5.41) is 3.86. The van der Waals surface area contributed by atoms with Crippen molar-refractivity contribution in [2.24, 2.45) is 0 Å². The first kappa shape index (κ1) is 10.7. The van der Waals surface area contributed by atoms with Crippen molar-refractivity contribution in [1.82, 2.24) is 9.97 Å². The summed E-state index contributed by atoms with van der Waals surface area (Å²) in [6.07, 6.45) is 9.44. The molecule has 1 fully saturated rings. The minimum absolute atomic E-state index is 0.501. The maximum Gasteiger partial charge on any atom is 0.224 e. The largest absolute Gasteiger partial charge is 0.351 e. The average Bonchev–Trinajstić information content (AvgIpc) is 2.46. The van der Waals surface area contributed by atoms with Crippen molar-refractivity contribution >= 4 is 17.5 Å². The fraction of sp³-hybridized carbons (Fsp3) is 0.636. The van der Waals surface area contributed by atoms with E-state index in [4.69, 9.17) is 11.6 Å². The maximum atomic E-state index is 5.80. The summed E-state index contributed by atoms with van der Waals surface area (Å²) < 4.78 is 0. The third-order valence-electron chi connectivity index (χ3n) is 2.81. The molecule has 82 valence electrons. The van der Waals surface area contributed by atoms with Crippen LogP contribution in [0.2, 0.25) is 5.15 Å². The van der Waals surface area contributed by atoms with Gasteiger partial charge in [-0.2, -0.15) is 0 Å². The number of rotatable bonds is 2. The van der Waals surface area contributed by atoms with E-state index in [9.17, 15) is 0 Å². The molecule has 4 heteroatoms. The van der Waals surface area contributed by atoms with Crippen molar-refractivity contribution in [2.45, 2.75) is 44.6 Å². The second kappa shape index (κ2) is 5.31. The zero-order chi connectivity index (χ0) is 10.5. The van der Waals surface area contributed by atoms with E-state index < -0.39 is 0 Å². The number of nitrogens with zero attached hydrogens (tertiary/aromatic N) is 2. The minimum Gasteiger partial charge on any atom is -0.351 e. The lowest BCUT2D eigenvalue weighted by molar-refractivity contribution is 0.615. The third kappa shape index (κ3) is 3.34. The lowest BCUT2D eigenvalue weighted by atomic mass is 10.1. The SMILES string of the molecule is Clc1ccnc(NC2CCCCCC2)n1. The van der Waals surface area contributed by atoms with Crippen LogP contribution in [0.4, 0.5) is 5.95 Å². The van der Waals surface area contributed by atoms with Crippen molar-refractivity contribution in [3.05, 3.63) is 17.4 Å². The number of hydrogen-bond donors (Lipinski definition) is 1. The molecule has 0 aromatic carbocycles. The molecular formula is C11H16ClN3. The zero-order valence-corrected chi connectivity index (χ0v) is 9.50. The monoisotopic (exact) mass is 225 g/mol. The Morgan fingerprint density at radius 1 is 1.20 bits per heavy atom. The van der Waals surface area contributed by atoms with E-state index in [1.54, 1.807) is 12.3 Å². The van der Waals surface area contributed by atoms with Gasteiger partial charge in [-0.25, -0.2) is 9.97 Å². The third-order valence-corrected chi connectivity index (χ3v) is 3.02. The lowest BCUT2D eigenvalue weighted by Crippen LogP contribution is -2.19. The van der Waals surface area contributed by atoms with E-state index in [1.807, 2.05) is 0 Å². The van der Waals surface area contributed by atoms with Gasteiger partial charge in [0.2, 0.25) is 5.95 Å². The lowest BCUT2D eigenvalue weighted by Gasteiger charge is -2.15. The summed E-state index contributed by atoms with van der Waals surface area (Å²) in [5.74, 6) is 0.661.